The summed E-state index contributed by atoms with van der Waals surface area (Å²) in [4.78, 5) is 2.50. The summed E-state index contributed by atoms with van der Waals surface area (Å²) in [6.45, 7) is 3.85. The molecule has 0 bridgehead atoms. The van der Waals surface area contributed by atoms with Crippen LogP contribution in [0.5, 0.6) is 0 Å². The fourth-order valence-corrected chi connectivity index (χ4v) is 3.60. The zero-order chi connectivity index (χ0) is 16.5. The Balaban J connectivity index is 0.00000182. The van der Waals surface area contributed by atoms with Crippen molar-refractivity contribution in [2.45, 2.75) is 12.6 Å². The first-order chi connectivity index (χ1) is 11.7. The van der Waals surface area contributed by atoms with Crippen molar-refractivity contribution in [1.29, 1.82) is 0 Å². The Morgan fingerprint density at radius 2 is 2.12 bits per heavy atom. The Labute approximate surface area is 158 Å². The zero-order valence-corrected chi connectivity index (χ0v) is 15.6. The van der Waals surface area contributed by atoms with Crippen molar-refractivity contribution in [2.75, 3.05) is 19.6 Å². The number of halogens is 2. The third kappa shape index (κ3) is 3.80. The van der Waals surface area contributed by atoms with Gasteiger partial charge < -0.3 is 5.32 Å². The quantitative estimate of drug-likeness (QED) is 0.761. The zero-order valence-electron chi connectivity index (χ0n) is 14.0. The highest BCUT2D eigenvalue weighted by atomic mass is 35.5. The van der Waals surface area contributed by atoms with Crippen LogP contribution in [0.3, 0.4) is 0 Å². The molecule has 0 spiro atoms. The molecule has 1 N–H and O–H groups in total. The summed E-state index contributed by atoms with van der Waals surface area (Å²) in [6, 6.07) is 14.9. The van der Waals surface area contributed by atoms with Gasteiger partial charge in [-0.2, -0.15) is 0 Å². The monoisotopic (exact) mass is 377 g/mol. The second-order valence-electron chi connectivity index (χ2n) is 6.28. The molecule has 0 amide bonds. The van der Waals surface area contributed by atoms with Gasteiger partial charge in [-0.1, -0.05) is 35.0 Å². The number of piperazine rings is 1. The molecule has 4 rings (SSSR count). The summed E-state index contributed by atoms with van der Waals surface area (Å²) in [7, 11) is 1.92. The van der Waals surface area contributed by atoms with Gasteiger partial charge in [0.1, 0.15) is 5.52 Å². The van der Waals surface area contributed by atoms with Gasteiger partial charge in [-0.25, -0.2) is 4.68 Å². The number of hydrogen-bond acceptors (Lipinski definition) is 4. The number of aromatic nitrogens is 3. The molecule has 25 heavy (non-hydrogen) atoms. The number of hydrogen-bond donors (Lipinski definition) is 1. The summed E-state index contributed by atoms with van der Waals surface area (Å²) >= 11 is 6.18. The van der Waals surface area contributed by atoms with Gasteiger partial charge in [-0.15, -0.1) is 17.5 Å². The van der Waals surface area contributed by atoms with E-state index in [2.05, 4.69) is 50.9 Å². The molecule has 0 aliphatic carbocycles. The van der Waals surface area contributed by atoms with Gasteiger partial charge in [0, 0.05) is 44.3 Å². The maximum absolute atomic E-state index is 6.18. The first kappa shape index (κ1) is 18.1. The molecule has 1 aliphatic rings. The highest BCUT2D eigenvalue weighted by molar-refractivity contribution is 6.30. The van der Waals surface area contributed by atoms with E-state index in [9.17, 15) is 0 Å². The molecule has 2 aromatic carbocycles. The largest absolute Gasteiger partial charge is 0.314 e. The molecule has 132 valence electrons. The van der Waals surface area contributed by atoms with Crippen LogP contribution in [0.4, 0.5) is 0 Å². The Hall–Kier alpha value is -1.66. The fraction of sp³-hybridized carbons (Fsp3) is 0.333. The molecule has 1 unspecified atom stereocenters. The smallest absolute Gasteiger partial charge is 0.113 e. The van der Waals surface area contributed by atoms with Crippen molar-refractivity contribution in [3.8, 4) is 0 Å². The van der Waals surface area contributed by atoms with E-state index in [-0.39, 0.29) is 12.4 Å². The molecule has 2 heterocycles. The number of rotatable bonds is 3. The lowest BCUT2D eigenvalue weighted by atomic mass is 10.0. The maximum atomic E-state index is 6.18. The topological polar surface area (TPSA) is 46.0 Å². The minimum atomic E-state index is 0. The van der Waals surface area contributed by atoms with Gasteiger partial charge in [0.25, 0.3) is 0 Å². The third-order valence-electron chi connectivity index (χ3n) is 4.65. The van der Waals surface area contributed by atoms with Crippen molar-refractivity contribution in [1.82, 2.24) is 25.2 Å². The van der Waals surface area contributed by atoms with Crippen LogP contribution in [-0.2, 0) is 13.6 Å². The lowest BCUT2D eigenvalue weighted by molar-refractivity contribution is 0.154. The van der Waals surface area contributed by atoms with Crippen LogP contribution in [0, 0.1) is 0 Å². The minimum absolute atomic E-state index is 0. The van der Waals surface area contributed by atoms with Crippen molar-refractivity contribution < 1.29 is 0 Å². The Bertz CT molecular complexity index is 864. The number of nitrogens with one attached hydrogen (secondary N) is 1. The lowest BCUT2D eigenvalue weighted by Gasteiger charge is -2.36. The summed E-state index contributed by atoms with van der Waals surface area (Å²) in [5.74, 6) is 0. The van der Waals surface area contributed by atoms with Gasteiger partial charge >= 0.3 is 0 Å². The van der Waals surface area contributed by atoms with Gasteiger partial charge in [0.05, 0.1) is 5.52 Å². The van der Waals surface area contributed by atoms with Crippen molar-refractivity contribution in [3.63, 3.8) is 0 Å². The molecule has 0 radical (unpaired) electrons. The number of nitrogens with zero attached hydrogens (tertiary/aromatic N) is 4. The van der Waals surface area contributed by atoms with E-state index in [4.69, 9.17) is 11.6 Å². The number of fused-ring (bicyclic) bond motifs is 1. The van der Waals surface area contributed by atoms with Crippen molar-refractivity contribution >= 4 is 35.0 Å². The van der Waals surface area contributed by atoms with E-state index in [0.29, 0.717) is 6.04 Å². The Kier molecular flexibility index (Phi) is 5.59. The molecule has 7 heteroatoms. The van der Waals surface area contributed by atoms with Crippen LogP contribution in [0.2, 0.25) is 5.02 Å². The fourth-order valence-electron chi connectivity index (χ4n) is 3.40. The second-order valence-corrected chi connectivity index (χ2v) is 6.72. The van der Waals surface area contributed by atoms with E-state index >= 15 is 0 Å². The summed E-state index contributed by atoms with van der Waals surface area (Å²) in [5.41, 5.74) is 4.53. The van der Waals surface area contributed by atoms with Gasteiger partial charge in [-0.3, -0.25) is 4.90 Å². The van der Waals surface area contributed by atoms with Crippen LogP contribution >= 0.6 is 24.0 Å². The van der Waals surface area contributed by atoms with E-state index in [1.54, 1.807) is 4.68 Å². The summed E-state index contributed by atoms with van der Waals surface area (Å²) < 4.78 is 1.80. The maximum Gasteiger partial charge on any atom is 0.113 e. The molecule has 1 atom stereocenters. The predicted molar refractivity (Wildman–Crippen MR) is 103 cm³/mol. The lowest BCUT2D eigenvalue weighted by Crippen LogP contribution is -2.45. The van der Waals surface area contributed by atoms with Gasteiger partial charge in [0.15, 0.2) is 0 Å². The molecule has 1 fully saturated rings. The van der Waals surface area contributed by atoms with Gasteiger partial charge in [-0.05, 0) is 35.4 Å². The minimum Gasteiger partial charge on any atom is -0.314 e. The molecule has 1 aromatic heterocycles. The van der Waals surface area contributed by atoms with E-state index in [0.717, 1.165) is 42.2 Å². The molecule has 5 nitrogen and oxygen atoms in total. The van der Waals surface area contributed by atoms with Crippen LogP contribution in [0.25, 0.3) is 11.0 Å². The summed E-state index contributed by atoms with van der Waals surface area (Å²) in [5, 5.41) is 12.6. The molecular weight excluding hydrogens is 357 g/mol. The Morgan fingerprint density at radius 1 is 1.24 bits per heavy atom. The SMILES string of the molecule is Cl.Cn1nnc2cc(CN3CCNCC3c3cccc(Cl)c3)ccc21. The second kappa shape index (κ2) is 7.70. The molecular formula is C18H21Cl2N5. The molecule has 0 saturated carbocycles. The predicted octanol–water partition coefficient (Wildman–Crippen LogP) is 3.19. The molecule has 1 saturated heterocycles. The van der Waals surface area contributed by atoms with Crippen LogP contribution in [0.1, 0.15) is 17.2 Å². The van der Waals surface area contributed by atoms with Crippen molar-refractivity contribution in [2.24, 2.45) is 7.05 Å². The highest BCUT2D eigenvalue weighted by Crippen LogP contribution is 2.26. The third-order valence-corrected chi connectivity index (χ3v) is 4.88. The normalized spacial score (nSPS) is 18.2. The van der Waals surface area contributed by atoms with E-state index in [1.807, 2.05) is 19.2 Å². The first-order valence-electron chi connectivity index (χ1n) is 8.19. The molecule has 1 aliphatic heterocycles. The van der Waals surface area contributed by atoms with Gasteiger partial charge in [0.2, 0.25) is 0 Å². The Morgan fingerprint density at radius 3 is 2.96 bits per heavy atom. The standard InChI is InChI=1S/C18H20ClN5.ClH/c1-23-17-6-5-13(9-16(17)21-22-23)12-24-8-7-20-11-18(24)14-3-2-4-15(19)10-14;/h2-6,9-10,18,20H,7-8,11-12H2,1H3;1H. The average Bonchev–Trinajstić information content (AvgIpc) is 2.96. The van der Waals surface area contributed by atoms with E-state index < -0.39 is 0 Å². The molecule has 3 aromatic rings. The average molecular weight is 378 g/mol. The van der Waals surface area contributed by atoms with Crippen LogP contribution in [0.15, 0.2) is 42.5 Å². The van der Waals surface area contributed by atoms with E-state index in [1.165, 1.54) is 11.1 Å². The van der Waals surface area contributed by atoms with Crippen molar-refractivity contribution in [3.05, 3.63) is 58.6 Å². The first-order valence-corrected chi connectivity index (χ1v) is 8.57. The number of benzene rings is 2. The summed E-state index contributed by atoms with van der Waals surface area (Å²) in [6.07, 6.45) is 0. The van der Waals surface area contributed by atoms with Crippen LogP contribution < -0.4 is 5.32 Å². The van der Waals surface area contributed by atoms with Crippen LogP contribution in [-0.4, -0.2) is 39.5 Å². The highest BCUT2D eigenvalue weighted by Gasteiger charge is 2.24. The number of aryl methyl sites for hydroxylation is 1.